The van der Waals surface area contributed by atoms with Gasteiger partial charge >= 0.3 is 12.1 Å². The average Bonchev–Trinajstić information content (AvgIpc) is 3.23. The van der Waals surface area contributed by atoms with E-state index in [1.807, 2.05) is 78.9 Å². The van der Waals surface area contributed by atoms with Gasteiger partial charge in [0.1, 0.15) is 18.0 Å². The van der Waals surface area contributed by atoms with Crippen molar-refractivity contribution in [2.75, 3.05) is 0 Å². The number of hydrogen-bond acceptors (Lipinski definition) is 4. The van der Waals surface area contributed by atoms with Gasteiger partial charge in [-0.2, -0.15) is 0 Å². The van der Waals surface area contributed by atoms with Crippen molar-refractivity contribution < 1.29 is 19.4 Å². The number of carbonyl (C=O) groups is 2. The van der Waals surface area contributed by atoms with Gasteiger partial charge in [0.15, 0.2) is 0 Å². The number of H-pyrrole nitrogens is 1. The number of benzene rings is 3. The van der Waals surface area contributed by atoms with E-state index in [9.17, 15) is 14.7 Å². The predicted octanol–water partition coefficient (Wildman–Crippen LogP) is 4.71. The fraction of sp³-hybridized carbons (Fsp3) is 0.160. The Morgan fingerprint density at radius 1 is 1.03 bits per heavy atom. The summed E-state index contributed by atoms with van der Waals surface area (Å²) in [5.41, 5.74) is 4.19. The third-order valence-electron chi connectivity index (χ3n) is 5.18. The summed E-state index contributed by atoms with van der Waals surface area (Å²) in [6, 6.07) is 23.4. The van der Waals surface area contributed by atoms with Gasteiger partial charge in [-0.25, -0.2) is 14.6 Å². The van der Waals surface area contributed by atoms with Crippen LogP contribution in [0.3, 0.4) is 0 Å². The number of carbonyl (C=O) groups excluding carboxylic acids is 1. The topological polar surface area (TPSA) is 104 Å². The maximum atomic E-state index is 12.4. The van der Waals surface area contributed by atoms with E-state index in [1.165, 1.54) is 0 Å². The molecule has 4 aromatic rings. The number of aromatic nitrogens is 2. The Balaban J connectivity index is 1.43. The van der Waals surface area contributed by atoms with E-state index in [-0.39, 0.29) is 6.42 Å². The Labute approximate surface area is 185 Å². The first-order chi connectivity index (χ1) is 15.5. The molecule has 7 nitrogen and oxygen atoms in total. The van der Waals surface area contributed by atoms with Gasteiger partial charge in [0.2, 0.25) is 0 Å². The average molecular weight is 429 g/mol. The summed E-state index contributed by atoms with van der Waals surface area (Å²) < 4.78 is 5.45. The monoisotopic (exact) mass is 429 g/mol. The van der Waals surface area contributed by atoms with Crippen molar-refractivity contribution in [3.8, 4) is 11.4 Å². The summed E-state index contributed by atoms with van der Waals surface area (Å²) in [6.07, 6.45) is -1.19. The van der Waals surface area contributed by atoms with E-state index in [0.717, 1.165) is 33.5 Å². The number of aliphatic carboxylic acids is 1. The third-order valence-corrected chi connectivity index (χ3v) is 5.18. The Morgan fingerprint density at radius 3 is 2.41 bits per heavy atom. The second kappa shape index (κ2) is 9.34. The molecule has 2 atom stereocenters. The smallest absolute Gasteiger partial charge is 0.408 e. The number of rotatable bonds is 7. The van der Waals surface area contributed by atoms with Crippen molar-refractivity contribution in [2.24, 2.45) is 0 Å². The zero-order valence-corrected chi connectivity index (χ0v) is 17.5. The first-order valence-electron chi connectivity index (χ1n) is 10.3. The highest BCUT2D eigenvalue weighted by molar-refractivity contribution is 5.81. The summed E-state index contributed by atoms with van der Waals surface area (Å²) in [7, 11) is 0. The van der Waals surface area contributed by atoms with Crippen LogP contribution in [0.1, 0.15) is 24.2 Å². The number of aromatic amines is 1. The minimum atomic E-state index is -1.12. The van der Waals surface area contributed by atoms with Crippen LogP contribution in [-0.2, 0) is 16.0 Å². The summed E-state index contributed by atoms with van der Waals surface area (Å²) in [4.78, 5) is 31.8. The first-order valence-corrected chi connectivity index (χ1v) is 10.3. The van der Waals surface area contributed by atoms with Gasteiger partial charge in [-0.05, 0) is 30.2 Å². The lowest BCUT2D eigenvalue weighted by Gasteiger charge is -2.18. The quantitative estimate of drug-likeness (QED) is 0.395. The Bertz CT molecular complexity index is 1220. The molecule has 0 aliphatic carbocycles. The molecule has 0 bridgehead atoms. The van der Waals surface area contributed by atoms with Crippen molar-refractivity contribution in [1.29, 1.82) is 0 Å². The number of ether oxygens (including phenoxy) is 1. The maximum Gasteiger partial charge on any atom is 0.408 e. The molecule has 0 fully saturated rings. The number of nitrogens with one attached hydrogen (secondary N) is 2. The van der Waals surface area contributed by atoms with Crippen LogP contribution >= 0.6 is 0 Å². The van der Waals surface area contributed by atoms with Gasteiger partial charge in [-0.1, -0.05) is 66.7 Å². The van der Waals surface area contributed by atoms with Crippen LogP contribution in [0, 0.1) is 0 Å². The van der Waals surface area contributed by atoms with Gasteiger partial charge in [0.05, 0.1) is 11.0 Å². The fourth-order valence-electron chi connectivity index (χ4n) is 3.47. The number of hydrogen-bond donors (Lipinski definition) is 3. The summed E-state index contributed by atoms with van der Waals surface area (Å²) in [5, 5.41) is 11.9. The van der Waals surface area contributed by atoms with E-state index in [2.05, 4.69) is 15.3 Å². The molecule has 1 amide bonds. The molecule has 0 spiro atoms. The molecule has 0 radical (unpaired) electrons. The van der Waals surface area contributed by atoms with Crippen LogP contribution in [0.4, 0.5) is 4.79 Å². The first kappa shape index (κ1) is 21.1. The lowest BCUT2D eigenvalue weighted by molar-refractivity contribution is -0.139. The number of amides is 1. The molecule has 1 aromatic heterocycles. The molecule has 0 saturated heterocycles. The van der Waals surface area contributed by atoms with E-state index < -0.39 is 24.2 Å². The summed E-state index contributed by atoms with van der Waals surface area (Å²) >= 11 is 0. The molecular formula is C25H23N3O4. The van der Waals surface area contributed by atoms with E-state index in [4.69, 9.17) is 4.74 Å². The normalized spacial score (nSPS) is 12.8. The maximum absolute atomic E-state index is 12.4. The molecule has 0 aliphatic heterocycles. The van der Waals surface area contributed by atoms with Crippen molar-refractivity contribution >= 4 is 23.1 Å². The lowest BCUT2D eigenvalue weighted by Crippen LogP contribution is -2.42. The zero-order valence-electron chi connectivity index (χ0n) is 17.5. The predicted molar refractivity (Wildman–Crippen MR) is 121 cm³/mol. The minimum absolute atomic E-state index is 0.169. The molecule has 3 aromatic carbocycles. The van der Waals surface area contributed by atoms with Crippen LogP contribution < -0.4 is 5.32 Å². The molecule has 0 aliphatic rings. The zero-order chi connectivity index (χ0) is 22.5. The molecule has 162 valence electrons. The highest BCUT2D eigenvalue weighted by Crippen LogP contribution is 2.24. The van der Waals surface area contributed by atoms with Crippen molar-refractivity contribution in [2.45, 2.75) is 25.5 Å². The Hall–Kier alpha value is -4.13. The number of alkyl carbamates (subject to hydrolysis) is 1. The number of imidazole rings is 1. The summed E-state index contributed by atoms with van der Waals surface area (Å²) in [6.45, 7) is 1.74. The Kier molecular flexibility index (Phi) is 6.17. The molecule has 0 saturated carbocycles. The van der Waals surface area contributed by atoms with E-state index in [1.54, 1.807) is 6.92 Å². The highest BCUT2D eigenvalue weighted by atomic mass is 16.6. The number of carboxylic acid groups (broad SMARTS) is 1. The second-order valence-electron chi connectivity index (χ2n) is 7.50. The van der Waals surface area contributed by atoms with Crippen molar-refractivity contribution in [1.82, 2.24) is 15.3 Å². The van der Waals surface area contributed by atoms with Crippen LogP contribution in [0.5, 0.6) is 0 Å². The molecule has 7 heteroatoms. The Morgan fingerprint density at radius 2 is 1.72 bits per heavy atom. The van der Waals surface area contributed by atoms with Crippen LogP contribution in [0.2, 0.25) is 0 Å². The van der Waals surface area contributed by atoms with Gasteiger partial charge in [0, 0.05) is 12.0 Å². The summed E-state index contributed by atoms with van der Waals surface area (Å²) in [5.74, 6) is -0.361. The molecular weight excluding hydrogens is 406 g/mol. The van der Waals surface area contributed by atoms with Crippen LogP contribution in [-0.4, -0.2) is 33.2 Å². The van der Waals surface area contributed by atoms with Crippen LogP contribution in [0.15, 0.2) is 78.9 Å². The van der Waals surface area contributed by atoms with Crippen LogP contribution in [0.25, 0.3) is 22.4 Å². The minimum Gasteiger partial charge on any atom is -0.480 e. The second-order valence-corrected chi connectivity index (χ2v) is 7.50. The molecule has 3 N–H and O–H groups in total. The standard InChI is InChI=1S/C25H23N3O4/c1-16(32-25(31)28-22(24(29)30)14-17-8-4-2-5-9-17)19-12-13-20-21(15-19)27-23(26-20)18-10-6-3-7-11-18/h2-13,15-16,22H,14H2,1H3,(H,26,27)(H,28,31)(H,29,30)/t16?,22-/m1/s1. The molecule has 32 heavy (non-hydrogen) atoms. The SMILES string of the molecule is CC(OC(=O)N[C@H](Cc1ccccc1)C(=O)O)c1ccc2nc(-c3ccccc3)[nH]c2c1. The van der Waals surface area contributed by atoms with E-state index >= 15 is 0 Å². The largest absolute Gasteiger partial charge is 0.480 e. The molecule has 4 rings (SSSR count). The molecule has 1 heterocycles. The highest BCUT2D eigenvalue weighted by Gasteiger charge is 2.22. The fourth-order valence-corrected chi connectivity index (χ4v) is 3.47. The number of carboxylic acids is 1. The lowest BCUT2D eigenvalue weighted by atomic mass is 10.1. The van der Waals surface area contributed by atoms with Gasteiger partial charge in [-0.15, -0.1) is 0 Å². The van der Waals surface area contributed by atoms with Gasteiger partial charge in [-0.3, -0.25) is 0 Å². The number of fused-ring (bicyclic) bond motifs is 1. The third kappa shape index (κ3) is 4.95. The van der Waals surface area contributed by atoms with Crippen molar-refractivity contribution in [3.63, 3.8) is 0 Å². The van der Waals surface area contributed by atoms with Gasteiger partial charge < -0.3 is 20.1 Å². The van der Waals surface area contributed by atoms with Crippen molar-refractivity contribution in [3.05, 3.63) is 90.0 Å². The number of nitrogens with zero attached hydrogens (tertiary/aromatic N) is 1. The molecule has 1 unspecified atom stereocenters. The van der Waals surface area contributed by atoms with Gasteiger partial charge in [0.25, 0.3) is 0 Å². The van der Waals surface area contributed by atoms with E-state index in [0.29, 0.717) is 0 Å².